The standard InChI is InChI=1S/C14H34N2Si/c1-8-15(9-2)17(16(10-3)11-4)13-12-14(5,6)7/h17H,8-13H2,1-7H3. The fourth-order valence-electron chi connectivity index (χ4n) is 2.45. The molecule has 0 fully saturated rings. The van der Waals surface area contributed by atoms with Crippen molar-refractivity contribution in [1.82, 2.24) is 9.13 Å². The summed E-state index contributed by atoms with van der Waals surface area (Å²) < 4.78 is 5.47. The first-order valence-electron chi connectivity index (χ1n) is 7.37. The molecule has 104 valence electrons. The van der Waals surface area contributed by atoms with Crippen LogP contribution < -0.4 is 0 Å². The number of rotatable bonds is 8. The van der Waals surface area contributed by atoms with Crippen LogP contribution in [-0.4, -0.2) is 44.4 Å². The second kappa shape index (κ2) is 8.28. The SMILES string of the molecule is CCN(CC)[SiH](CCC(C)(C)C)N(CC)CC. The Morgan fingerprint density at radius 1 is 0.765 bits per heavy atom. The zero-order chi connectivity index (χ0) is 13.5. The maximum atomic E-state index is 2.73. The first-order chi connectivity index (χ1) is 7.89. The molecule has 0 amide bonds. The smallest absolute Gasteiger partial charge is 0.189 e. The predicted molar refractivity (Wildman–Crippen MR) is 81.9 cm³/mol. The zero-order valence-electron chi connectivity index (χ0n) is 13.2. The average Bonchev–Trinajstić information content (AvgIpc) is 2.26. The van der Waals surface area contributed by atoms with Gasteiger partial charge in [0.05, 0.1) is 0 Å². The van der Waals surface area contributed by atoms with Crippen molar-refractivity contribution in [3.05, 3.63) is 0 Å². The zero-order valence-corrected chi connectivity index (χ0v) is 14.4. The molecule has 0 aromatic rings. The van der Waals surface area contributed by atoms with Crippen LogP contribution in [0.5, 0.6) is 0 Å². The van der Waals surface area contributed by atoms with Gasteiger partial charge in [-0.1, -0.05) is 48.5 Å². The van der Waals surface area contributed by atoms with Crippen LogP contribution in [0.25, 0.3) is 0 Å². The molecule has 0 aromatic carbocycles. The maximum Gasteiger partial charge on any atom is 0.189 e. The molecule has 0 aliphatic rings. The van der Waals surface area contributed by atoms with Crippen LogP contribution in [0.1, 0.15) is 54.9 Å². The Morgan fingerprint density at radius 2 is 1.12 bits per heavy atom. The van der Waals surface area contributed by atoms with Gasteiger partial charge in [0.25, 0.3) is 0 Å². The van der Waals surface area contributed by atoms with Crippen molar-refractivity contribution < 1.29 is 0 Å². The van der Waals surface area contributed by atoms with E-state index in [9.17, 15) is 0 Å². The highest BCUT2D eigenvalue weighted by Gasteiger charge is 2.25. The summed E-state index contributed by atoms with van der Waals surface area (Å²) in [5.74, 6) is 0. The molecule has 0 unspecified atom stereocenters. The fourth-order valence-corrected chi connectivity index (χ4v) is 6.45. The highest BCUT2D eigenvalue weighted by Crippen LogP contribution is 2.23. The normalized spacial score (nSPS) is 13.1. The van der Waals surface area contributed by atoms with E-state index in [0.717, 1.165) is 0 Å². The van der Waals surface area contributed by atoms with E-state index in [1.165, 1.54) is 38.6 Å². The molecule has 0 radical (unpaired) electrons. The minimum Gasteiger partial charge on any atom is -0.315 e. The summed E-state index contributed by atoms with van der Waals surface area (Å²) in [4.78, 5) is 0. The second-order valence-corrected chi connectivity index (χ2v) is 9.02. The Morgan fingerprint density at radius 3 is 1.35 bits per heavy atom. The van der Waals surface area contributed by atoms with Gasteiger partial charge < -0.3 is 9.13 Å². The molecular formula is C14H34N2Si. The van der Waals surface area contributed by atoms with Crippen LogP contribution in [0.2, 0.25) is 6.04 Å². The van der Waals surface area contributed by atoms with Crippen molar-refractivity contribution in [2.45, 2.75) is 60.9 Å². The molecule has 0 aliphatic carbocycles. The summed E-state index contributed by atoms with van der Waals surface area (Å²) in [7, 11) is -0.897. The summed E-state index contributed by atoms with van der Waals surface area (Å²) in [5, 5.41) is 0. The monoisotopic (exact) mass is 258 g/mol. The lowest BCUT2D eigenvalue weighted by atomic mass is 9.94. The molecule has 0 saturated carbocycles. The molecule has 0 saturated heterocycles. The Kier molecular flexibility index (Phi) is 8.34. The average molecular weight is 259 g/mol. The van der Waals surface area contributed by atoms with E-state index in [4.69, 9.17) is 0 Å². The molecule has 2 nitrogen and oxygen atoms in total. The van der Waals surface area contributed by atoms with E-state index < -0.39 is 9.12 Å². The van der Waals surface area contributed by atoms with Crippen LogP contribution >= 0.6 is 0 Å². The van der Waals surface area contributed by atoms with Crippen molar-refractivity contribution >= 4 is 9.12 Å². The summed E-state index contributed by atoms with van der Waals surface area (Å²) in [6, 6.07) is 1.42. The molecule has 0 aliphatic heterocycles. The van der Waals surface area contributed by atoms with Crippen molar-refractivity contribution in [3.63, 3.8) is 0 Å². The summed E-state index contributed by atoms with van der Waals surface area (Å²) in [5.41, 5.74) is 0.478. The van der Waals surface area contributed by atoms with Crippen molar-refractivity contribution in [1.29, 1.82) is 0 Å². The third-order valence-electron chi connectivity index (χ3n) is 3.62. The van der Waals surface area contributed by atoms with Crippen LogP contribution in [0.15, 0.2) is 0 Å². The number of hydrogen-bond acceptors (Lipinski definition) is 2. The summed E-state index contributed by atoms with van der Waals surface area (Å²) in [6.07, 6.45) is 1.36. The fraction of sp³-hybridized carbons (Fsp3) is 1.00. The van der Waals surface area contributed by atoms with Gasteiger partial charge in [0.2, 0.25) is 0 Å². The molecule has 0 heterocycles. The van der Waals surface area contributed by atoms with E-state index in [0.29, 0.717) is 5.41 Å². The highest BCUT2D eigenvalue weighted by molar-refractivity contribution is 6.52. The van der Waals surface area contributed by atoms with Crippen LogP contribution in [0.4, 0.5) is 0 Å². The molecule has 0 aromatic heterocycles. The van der Waals surface area contributed by atoms with Gasteiger partial charge in [0.1, 0.15) is 0 Å². The molecule has 0 atom stereocenters. The van der Waals surface area contributed by atoms with Gasteiger partial charge in [0, 0.05) is 0 Å². The molecule has 3 heteroatoms. The summed E-state index contributed by atoms with van der Waals surface area (Å²) in [6.45, 7) is 21.2. The van der Waals surface area contributed by atoms with Gasteiger partial charge in [-0.15, -0.1) is 0 Å². The topological polar surface area (TPSA) is 6.48 Å². The summed E-state index contributed by atoms with van der Waals surface area (Å²) >= 11 is 0. The van der Waals surface area contributed by atoms with E-state index >= 15 is 0 Å². The first-order valence-corrected chi connectivity index (χ1v) is 9.22. The lowest BCUT2D eigenvalue weighted by molar-refractivity contribution is 0.349. The third kappa shape index (κ3) is 6.58. The largest absolute Gasteiger partial charge is 0.315 e. The van der Waals surface area contributed by atoms with Gasteiger partial charge in [-0.2, -0.15) is 0 Å². The minimum atomic E-state index is -0.897. The number of hydrogen-bond donors (Lipinski definition) is 0. The maximum absolute atomic E-state index is 2.73. The number of nitrogens with zero attached hydrogens (tertiary/aromatic N) is 2. The molecule has 0 bridgehead atoms. The molecule has 0 spiro atoms. The van der Waals surface area contributed by atoms with E-state index in [2.05, 4.69) is 57.6 Å². The molecular weight excluding hydrogens is 224 g/mol. The van der Waals surface area contributed by atoms with Crippen LogP contribution in [0.3, 0.4) is 0 Å². The van der Waals surface area contributed by atoms with Crippen molar-refractivity contribution in [2.24, 2.45) is 5.41 Å². The molecule has 0 rings (SSSR count). The lowest BCUT2D eigenvalue weighted by Crippen LogP contribution is -2.52. The van der Waals surface area contributed by atoms with Gasteiger partial charge in [-0.25, -0.2) is 0 Å². The molecule has 17 heavy (non-hydrogen) atoms. The Bertz CT molecular complexity index is 169. The van der Waals surface area contributed by atoms with E-state index in [1.54, 1.807) is 0 Å². The van der Waals surface area contributed by atoms with Gasteiger partial charge >= 0.3 is 0 Å². The first kappa shape index (κ1) is 17.1. The van der Waals surface area contributed by atoms with Crippen molar-refractivity contribution in [2.75, 3.05) is 26.2 Å². The van der Waals surface area contributed by atoms with Gasteiger partial charge in [-0.3, -0.25) is 0 Å². The Labute approximate surface area is 111 Å². The van der Waals surface area contributed by atoms with Crippen LogP contribution in [-0.2, 0) is 0 Å². The highest BCUT2D eigenvalue weighted by atomic mass is 28.3. The van der Waals surface area contributed by atoms with Crippen LogP contribution in [0, 0.1) is 5.41 Å². The molecule has 0 N–H and O–H groups in total. The quantitative estimate of drug-likeness (QED) is 0.616. The third-order valence-corrected chi connectivity index (χ3v) is 7.57. The van der Waals surface area contributed by atoms with Crippen molar-refractivity contribution in [3.8, 4) is 0 Å². The van der Waals surface area contributed by atoms with E-state index in [1.807, 2.05) is 0 Å². The minimum absolute atomic E-state index is 0.478. The van der Waals surface area contributed by atoms with E-state index in [-0.39, 0.29) is 0 Å². The van der Waals surface area contributed by atoms with Gasteiger partial charge in [0.15, 0.2) is 9.12 Å². The Hall–Kier alpha value is 0.137. The Balaban J connectivity index is 4.59. The lowest BCUT2D eigenvalue weighted by Gasteiger charge is -2.37. The predicted octanol–water partition coefficient (Wildman–Crippen LogP) is 3.33. The van der Waals surface area contributed by atoms with Gasteiger partial charge in [-0.05, 0) is 44.1 Å². The second-order valence-electron chi connectivity index (χ2n) is 6.02.